The summed E-state index contributed by atoms with van der Waals surface area (Å²) in [6.07, 6.45) is 9.48. The van der Waals surface area contributed by atoms with Crippen LogP contribution in [0.4, 0.5) is 0 Å². The van der Waals surface area contributed by atoms with E-state index in [0.29, 0.717) is 0 Å². The molecule has 2 heteroatoms. The highest BCUT2D eigenvalue weighted by Crippen LogP contribution is 2.54. The standard InChI is InChI=1S/C13H19NS/c14-9-13(4-1-5-15-13)8-12-7-10-2-3-11(12)6-10/h10-12H,1-8H2. The fourth-order valence-electron chi connectivity index (χ4n) is 4.04. The summed E-state index contributed by atoms with van der Waals surface area (Å²) >= 11 is 1.94. The van der Waals surface area contributed by atoms with Crippen molar-refractivity contribution in [2.24, 2.45) is 17.8 Å². The fourth-order valence-corrected chi connectivity index (χ4v) is 5.41. The molecule has 0 aromatic heterocycles. The number of fused-ring (bicyclic) bond motifs is 2. The lowest BCUT2D eigenvalue weighted by Crippen LogP contribution is -2.25. The minimum Gasteiger partial charge on any atom is -0.197 e. The van der Waals surface area contributed by atoms with E-state index in [0.717, 1.165) is 24.2 Å². The second-order valence-electron chi connectivity index (χ2n) is 5.70. The van der Waals surface area contributed by atoms with Crippen molar-refractivity contribution < 1.29 is 0 Å². The lowest BCUT2D eigenvalue weighted by Gasteiger charge is -2.28. The van der Waals surface area contributed by atoms with Crippen LogP contribution in [0.2, 0.25) is 0 Å². The van der Waals surface area contributed by atoms with Gasteiger partial charge in [0.25, 0.3) is 0 Å². The van der Waals surface area contributed by atoms with Crippen molar-refractivity contribution in [3.8, 4) is 6.07 Å². The third-order valence-electron chi connectivity index (χ3n) is 4.78. The second-order valence-corrected chi connectivity index (χ2v) is 7.18. The lowest BCUT2D eigenvalue weighted by molar-refractivity contribution is 0.297. The average Bonchev–Trinajstić information content (AvgIpc) is 2.93. The molecular formula is C13H19NS. The Kier molecular flexibility index (Phi) is 2.47. The van der Waals surface area contributed by atoms with Crippen molar-refractivity contribution in [3.05, 3.63) is 0 Å². The summed E-state index contributed by atoms with van der Waals surface area (Å²) in [5, 5.41) is 9.38. The monoisotopic (exact) mass is 221 g/mol. The van der Waals surface area contributed by atoms with Gasteiger partial charge in [-0.25, -0.2) is 0 Å². The van der Waals surface area contributed by atoms with Crippen LogP contribution in [0.5, 0.6) is 0 Å². The summed E-state index contributed by atoms with van der Waals surface area (Å²) in [5.74, 6) is 4.13. The van der Waals surface area contributed by atoms with Crippen LogP contribution in [-0.4, -0.2) is 10.5 Å². The van der Waals surface area contributed by atoms with E-state index >= 15 is 0 Å². The van der Waals surface area contributed by atoms with Crippen molar-refractivity contribution in [2.45, 2.75) is 49.7 Å². The number of nitriles is 1. The van der Waals surface area contributed by atoms with Gasteiger partial charge in [0.05, 0.1) is 6.07 Å². The molecule has 4 atom stereocenters. The van der Waals surface area contributed by atoms with E-state index in [2.05, 4.69) is 6.07 Å². The van der Waals surface area contributed by atoms with Crippen molar-refractivity contribution in [2.75, 3.05) is 5.75 Å². The maximum absolute atomic E-state index is 9.38. The molecule has 1 saturated heterocycles. The van der Waals surface area contributed by atoms with Crippen LogP contribution in [0.3, 0.4) is 0 Å². The van der Waals surface area contributed by atoms with Crippen LogP contribution >= 0.6 is 11.8 Å². The minimum absolute atomic E-state index is 0.0230. The molecule has 1 nitrogen and oxygen atoms in total. The lowest BCUT2D eigenvalue weighted by atomic mass is 9.81. The first-order valence-electron chi connectivity index (χ1n) is 6.36. The van der Waals surface area contributed by atoms with Crippen LogP contribution in [0.1, 0.15) is 44.9 Å². The van der Waals surface area contributed by atoms with Gasteiger partial charge < -0.3 is 0 Å². The number of nitrogens with zero attached hydrogens (tertiary/aromatic N) is 1. The van der Waals surface area contributed by atoms with E-state index in [9.17, 15) is 5.26 Å². The predicted molar refractivity (Wildman–Crippen MR) is 63.6 cm³/mol. The quantitative estimate of drug-likeness (QED) is 0.711. The molecule has 1 heterocycles. The number of thioether (sulfide) groups is 1. The summed E-state index contributed by atoms with van der Waals surface area (Å²) < 4.78 is 0.0230. The van der Waals surface area contributed by atoms with Gasteiger partial charge in [0, 0.05) is 0 Å². The normalized spacial score (nSPS) is 48.3. The summed E-state index contributed by atoms with van der Waals surface area (Å²) in [4.78, 5) is 0. The smallest absolute Gasteiger partial charge is 0.103 e. The van der Waals surface area contributed by atoms with Gasteiger partial charge in [-0.05, 0) is 62.0 Å². The van der Waals surface area contributed by atoms with E-state index in [1.54, 1.807) is 0 Å². The first kappa shape index (κ1) is 10.0. The van der Waals surface area contributed by atoms with Gasteiger partial charge >= 0.3 is 0 Å². The van der Waals surface area contributed by atoms with Gasteiger partial charge in [-0.2, -0.15) is 5.26 Å². The molecular weight excluding hydrogens is 202 g/mol. The third kappa shape index (κ3) is 1.69. The predicted octanol–water partition coefficient (Wildman–Crippen LogP) is 3.60. The highest BCUT2D eigenvalue weighted by atomic mass is 32.2. The molecule has 3 aliphatic rings. The van der Waals surface area contributed by atoms with E-state index in [-0.39, 0.29) is 4.75 Å². The van der Waals surface area contributed by atoms with Crippen molar-refractivity contribution in [1.29, 1.82) is 5.26 Å². The zero-order valence-corrected chi connectivity index (χ0v) is 10.1. The van der Waals surface area contributed by atoms with E-state index in [1.807, 2.05) is 11.8 Å². The molecule has 2 saturated carbocycles. The van der Waals surface area contributed by atoms with E-state index in [4.69, 9.17) is 0 Å². The van der Waals surface area contributed by atoms with Gasteiger partial charge in [-0.15, -0.1) is 11.8 Å². The number of hydrogen-bond acceptors (Lipinski definition) is 2. The Morgan fingerprint density at radius 3 is 2.80 bits per heavy atom. The first-order chi connectivity index (χ1) is 7.31. The van der Waals surface area contributed by atoms with Gasteiger partial charge in [-0.1, -0.05) is 6.42 Å². The summed E-state index contributed by atoms with van der Waals surface area (Å²) in [5.41, 5.74) is 0. The maximum Gasteiger partial charge on any atom is 0.103 e. The fraction of sp³-hybridized carbons (Fsp3) is 0.923. The van der Waals surface area contributed by atoms with Crippen LogP contribution in [-0.2, 0) is 0 Å². The van der Waals surface area contributed by atoms with Crippen LogP contribution in [0.15, 0.2) is 0 Å². The maximum atomic E-state index is 9.38. The summed E-state index contributed by atoms with van der Waals surface area (Å²) in [6, 6.07) is 2.63. The van der Waals surface area contributed by atoms with Gasteiger partial charge in [0.2, 0.25) is 0 Å². The number of hydrogen-bond donors (Lipinski definition) is 0. The third-order valence-corrected chi connectivity index (χ3v) is 6.29. The van der Waals surface area contributed by atoms with Gasteiger partial charge in [0.15, 0.2) is 0 Å². The van der Waals surface area contributed by atoms with Crippen molar-refractivity contribution in [1.82, 2.24) is 0 Å². The highest BCUT2D eigenvalue weighted by Gasteiger charge is 2.45. The van der Waals surface area contributed by atoms with Crippen LogP contribution < -0.4 is 0 Å². The van der Waals surface area contributed by atoms with E-state index < -0.39 is 0 Å². The molecule has 2 aliphatic carbocycles. The Morgan fingerprint density at radius 2 is 2.27 bits per heavy atom. The molecule has 2 bridgehead atoms. The SMILES string of the molecule is N#CC1(CC2CC3CCC2C3)CCCS1. The van der Waals surface area contributed by atoms with Gasteiger partial charge in [0.1, 0.15) is 4.75 Å². The van der Waals surface area contributed by atoms with Gasteiger partial charge in [-0.3, -0.25) is 0 Å². The molecule has 4 unspecified atom stereocenters. The Morgan fingerprint density at radius 1 is 1.33 bits per heavy atom. The highest BCUT2D eigenvalue weighted by molar-refractivity contribution is 8.01. The Hall–Kier alpha value is -0.160. The molecule has 3 rings (SSSR count). The first-order valence-corrected chi connectivity index (χ1v) is 7.35. The second kappa shape index (κ2) is 3.70. The zero-order valence-electron chi connectivity index (χ0n) is 9.24. The molecule has 0 amide bonds. The largest absolute Gasteiger partial charge is 0.197 e. The Balaban J connectivity index is 1.67. The molecule has 0 spiro atoms. The zero-order chi connectivity index (χ0) is 10.3. The molecule has 0 radical (unpaired) electrons. The van der Waals surface area contributed by atoms with Crippen molar-refractivity contribution in [3.63, 3.8) is 0 Å². The van der Waals surface area contributed by atoms with Crippen LogP contribution in [0, 0.1) is 29.1 Å². The van der Waals surface area contributed by atoms with Crippen LogP contribution in [0.25, 0.3) is 0 Å². The molecule has 82 valence electrons. The average molecular weight is 221 g/mol. The summed E-state index contributed by atoms with van der Waals surface area (Å²) in [6.45, 7) is 0. The summed E-state index contributed by atoms with van der Waals surface area (Å²) in [7, 11) is 0. The molecule has 0 aromatic rings. The van der Waals surface area contributed by atoms with E-state index in [1.165, 1.54) is 44.3 Å². The Bertz CT molecular complexity index is 287. The molecule has 1 aliphatic heterocycles. The Labute approximate surface area is 96.6 Å². The molecule has 0 N–H and O–H groups in total. The van der Waals surface area contributed by atoms with Crippen molar-refractivity contribution >= 4 is 11.8 Å². The number of rotatable bonds is 2. The molecule has 3 fully saturated rings. The molecule has 15 heavy (non-hydrogen) atoms. The molecule has 0 aromatic carbocycles. The minimum atomic E-state index is 0.0230. The topological polar surface area (TPSA) is 23.8 Å².